The standard InChI is InChI=1S/C19H23ClFN3O2S.HI/c1-3-22-19(23-11-14-5-4-6-17(20)9-14)24-12-16-10-18(21)8-7-15(16)13-27(2,25)26;/h4-10H,3,11-13H2,1-2H3,(H2,22,23,24);1H. The van der Waals surface area contributed by atoms with E-state index in [1.165, 1.54) is 18.2 Å². The fourth-order valence-corrected chi connectivity index (χ4v) is 3.57. The van der Waals surface area contributed by atoms with Gasteiger partial charge in [-0.3, -0.25) is 0 Å². The van der Waals surface area contributed by atoms with Crippen molar-refractivity contribution in [3.05, 3.63) is 70.0 Å². The van der Waals surface area contributed by atoms with Gasteiger partial charge in [0.1, 0.15) is 5.82 Å². The summed E-state index contributed by atoms with van der Waals surface area (Å²) in [6.45, 7) is 3.27. The summed E-state index contributed by atoms with van der Waals surface area (Å²) in [6, 6.07) is 11.5. The molecule has 154 valence electrons. The van der Waals surface area contributed by atoms with E-state index in [-0.39, 0.29) is 36.3 Å². The maximum atomic E-state index is 13.6. The van der Waals surface area contributed by atoms with Crippen LogP contribution in [-0.4, -0.2) is 27.2 Å². The van der Waals surface area contributed by atoms with E-state index in [0.29, 0.717) is 35.2 Å². The van der Waals surface area contributed by atoms with Crippen molar-refractivity contribution in [2.24, 2.45) is 4.99 Å². The van der Waals surface area contributed by atoms with Crippen molar-refractivity contribution in [3.63, 3.8) is 0 Å². The largest absolute Gasteiger partial charge is 0.357 e. The molecular formula is C19H24ClFIN3O2S. The molecule has 0 saturated heterocycles. The van der Waals surface area contributed by atoms with Gasteiger partial charge >= 0.3 is 0 Å². The van der Waals surface area contributed by atoms with Gasteiger partial charge in [-0.2, -0.15) is 0 Å². The van der Waals surface area contributed by atoms with Gasteiger partial charge in [-0.1, -0.05) is 29.8 Å². The van der Waals surface area contributed by atoms with E-state index in [4.69, 9.17) is 11.6 Å². The SMILES string of the molecule is CCNC(=NCc1cccc(Cl)c1)NCc1cc(F)ccc1CS(C)(=O)=O.I. The average molecular weight is 540 g/mol. The van der Waals surface area contributed by atoms with Crippen LogP contribution in [0.1, 0.15) is 23.6 Å². The van der Waals surface area contributed by atoms with Crippen LogP contribution in [0.25, 0.3) is 0 Å². The molecule has 2 rings (SSSR count). The van der Waals surface area contributed by atoms with E-state index in [9.17, 15) is 12.8 Å². The Balaban J connectivity index is 0.00000392. The minimum atomic E-state index is -3.22. The van der Waals surface area contributed by atoms with E-state index in [0.717, 1.165) is 11.8 Å². The van der Waals surface area contributed by atoms with Crippen LogP contribution >= 0.6 is 35.6 Å². The maximum Gasteiger partial charge on any atom is 0.191 e. The third kappa shape index (κ3) is 8.74. The number of rotatable bonds is 7. The molecule has 0 radical (unpaired) electrons. The molecule has 0 bridgehead atoms. The van der Waals surface area contributed by atoms with Crippen LogP contribution in [0.4, 0.5) is 4.39 Å². The fourth-order valence-electron chi connectivity index (χ4n) is 2.51. The molecule has 0 saturated carbocycles. The number of aliphatic imine (C=N–C) groups is 1. The third-order valence-electron chi connectivity index (χ3n) is 3.69. The van der Waals surface area contributed by atoms with Crippen LogP contribution in [0.3, 0.4) is 0 Å². The molecule has 2 aromatic rings. The molecule has 0 aromatic heterocycles. The first-order chi connectivity index (χ1) is 12.8. The summed E-state index contributed by atoms with van der Waals surface area (Å²) < 4.78 is 36.8. The van der Waals surface area contributed by atoms with Crippen LogP contribution in [0, 0.1) is 5.82 Å². The Hall–Kier alpha value is -1.39. The summed E-state index contributed by atoms with van der Waals surface area (Å²) >= 11 is 5.98. The van der Waals surface area contributed by atoms with Gasteiger partial charge in [-0.05, 0) is 47.9 Å². The van der Waals surface area contributed by atoms with Crippen molar-refractivity contribution in [2.45, 2.75) is 25.8 Å². The monoisotopic (exact) mass is 539 g/mol. The summed E-state index contributed by atoms with van der Waals surface area (Å²) in [6.07, 6.45) is 1.16. The quantitative estimate of drug-likeness (QED) is 0.318. The highest BCUT2D eigenvalue weighted by atomic mass is 127. The normalized spacial score (nSPS) is 11.6. The molecule has 2 N–H and O–H groups in total. The molecule has 0 spiro atoms. The highest BCUT2D eigenvalue weighted by Crippen LogP contribution is 2.15. The minimum absolute atomic E-state index is 0. The van der Waals surface area contributed by atoms with Crippen LogP contribution < -0.4 is 10.6 Å². The molecule has 28 heavy (non-hydrogen) atoms. The van der Waals surface area contributed by atoms with E-state index < -0.39 is 15.7 Å². The first-order valence-corrected chi connectivity index (χ1v) is 10.9. The number of halogens is 3. The maximum absolute atomic E-state index is 13.6. The summed E-state index contributed by atoms with van der Waals surface area (Å²) in [5.41, 5.74) is 2.11. The molecule has 0 amide bonds. The van der Waals surface area contributed by atoms with Crippen LogP contribution in [0.15, 0.2) is 47.5 Å². The molecule has 0 aliphatic heterocycles. The number of nitrogens with zero attached hydrogens (tertiary/aromatic N) is 1. The molecule has 0 atom stereocenters. The Morgan fingerprint density at radius 1 is 1.14 bits per heavy atom. The van der Waals surface area contributed by atoms with Crippen molar-refractivity contribution >= 4 is 51.4 Å². The van der Waals surface area contributed by atoms with Gasteiger partial charge in [0, 0.05) is 24.4 Å². The van der Waals surface area contributed by atoms with Crippen LogP contribution in [0.2, 0.25) is 5.02 Å². The lowest BCUT2D eigenvalue weighted by Crippen LogP contribution is -2.37. The van der Waals surface area contributed by atoms with Gasteiger partial charge in [0.05, 0.1) is 12.3 Å². The number of guanidine groups is 1. The first kappa shape index (κ1) is 24.6. The average Bonchev–Trinajstić information content (AvgIpc) is 2.58. The van der Waals surface area contributed by atoms with Gasteiger partial charge < -0.3 is 10.6 Å². The summed E-state index contributed by atoms with van der Waals surface area (Å²) in [5.74, 6) is -0.00233. The molecule has 0 heterocycles. The summed E-state index contributed by atoms with van der Waals surface area (Å²) in [5, 5.41) is 6.88. The Labute approximate surface area is 187 Å². The molecule has 0 aliphatic carbocycles. The van der Waals surface area contributed by atoms with Crippen LogP contribution in [-0.2, 0) is 28.7 Å². The Morgan fingerprint density at radius 2 is 1.89 bits per heavy atom. The third-order valence-corrected chi connectivity index (χ3v) is 4.76. The zero-order valence-electron chi connectivity index (χ0n) is 15.7. The molecule has 0 unspecified atom stereocenters. The second-order valence-electron chi connectivity index (χ2n) is 6.16. The van der Waals surface area contributed by atoms with Crippen molar-refractivity contribution < 1.29 is 12.8 Å². The topological polar surface area (TPSA) is 70.6 Å². The van der Waals surface area contributed by atoms with Crippen LogP contribution in [0.5, 0.6) is 0 Å². The number of hydrogen-bond acceptors (Lipinski definition) is 3. The highest BCUT2D eigenvalue weighted by molar-refractivity contribution is 14.0. The molecule has 2 aromatic carbocycles. The molecule has 0 aliphatic rings. The van der Waals surface area contributed by atoms with Crippen molar-refractivity contribution in [3.8, 4) is 0 Å². The lowest BCUT2D eigenvalue weighted by Gasteiger charge is -2.14. The number of sulfone groups is 1. The Bertz CT molecular complexity index is 923. The molecule has 9 heteroatoms. The highest BCUT2D eigenvalue weighted by Gasteiger charge is 2.11. The van der Waals surface area contributed by atoms with Gasteiger partial charge in [0.15, 0.2) is 15.8 Å². The molecule has 0 fully saturated rings. The van der Waals surface area contributed by atoms with E-state index in [1.54, 1.807) is 6.07 Å². The van der Waals surface area contributed by atoms with Crippen molar-refractivity contribution in [1.82, 2.24) is 10.6 Å². The lowest BCUT2D eigenvalue weighted by molar-refractivity contribution is 0.599. The second kappa shape index (κ2) is 11.6. The minimum Gasteiger partial charge on any atom is -0.357 e. The van der Waals surface area contributed by atoms with E-state index in [2.05, 4.69) is 15.6 Å². The Kier molecular flexibility index (Phi) is 10.2. The molecule has 5 nitrogen and oxygen atoms in total. The Morgan fingerprint density at radius 3 is 2.54 bits per heavy atom. The number of hydrogen-bond donors (Lipinski definition) is 2. The van der Waals surface area contributed by atoms with Crippen molar-refractivity contribution in [1.29, 1.82) is 0 Å². The zero-order valence-corrected chi connectivity index (χ0v) is 19.6. The number of nitrogens with one attached hydrogen (secondary N) is 2. The predicted octanol–water partition coefficient (Wildman–Crippen LogP) is 3.90. The van der Waals surface area contributed by atoms with Gasteiger partial charge in [0.2, 0.25) is 0 Å². The van der Waals surface area contributed by atoms with Crippen molar-refractivity contribution in [2.75, 3.05) is 12.8 Å². The zero-order chi connectivity index (χ0) is 19.9. The summed E-state index contributed by atoms with van der Waals surface area (Å²) in [4.78, 5) is 4.49. The smallest absolute Gasteiger partial charge is 0.191 e. The van der Waals surface area contributed by atoms with E-state index >= 15 is 0 Å². The lowest BCUT2D eigenvalue weighted by atomic mass is 10.1. The second-order valence-corrected chi connectivity index (χ2v) is 8.74. The van der Waals surface area contributed by atoms with E-state index in [1.807, 2.05) is 25.1 Å². The fraction of sp³-hybridized carbons (Fsp3) is 0.316. The molecular weight excluding hydrogens is 516 g/mol. The predicted molar refractivity (Wildman–Crippen MR) is 123 cm³/mol. The van der Waals surface area contributed by atoms with Gasteiger partial charge in [0.25, 0.3) is 0 Å². The summed E-state index contributed by atoms with van der Waals surface area (Å²) in [7, 11) is -3.22. The number of benzene rings is 2. The van der Waals surface area contributed by atoms with Gasteiger partial charge in [-0.15, -0.1) is 24.0 Å². The van der Waals surface area contributed by atoms with Gasteiger partial charge in [-0.25, -0.2) is 17.8 Å². The first-order valence-electron chi connectivity index (χ1n) is 8.48.